The monoisotopic (exact) mass is 478 g/mol. The van der Waals surface area contributed by atoms with Crippen LogP contribution >= 0.6 is 0 Å². The highest BCUT2D eigenvalue weighted by Crippen LogP contribution is 2.44. The summed E-state index contributed by atoms with van der Waals surface area (Å²) < 4.78 is 11.3. The van der Waals surface area contributed by atoms with Crippen LogP contribution in [0.5, 0.6) is 0 Å². The number of alkyl carbamates (subject to hydrolysis) is 1. The van der Waals surface area contributed by atoms with Gasteiger partial charge in [0.05, 0.1) is 18.6 Å². The molecule has 2 amide bonds. The number of nitrogens with one attached hydrogen (secondary N) is 1. The van der Waals surface area contributed by atoms with Gasteiger partial charge in [-0.2, -0.15) is 0 Å². The van der Waals surface area contributed by atoms with E-state index in [9.17, 15) is 19.5 Å². The summed E-state index contributed by atoms with van der Waals surface area (Å²) in [7, 11) is 0. The molecule has 2 saturated heterocycles. The lowest BCUT2D eigenvalue weighted by atomic mass is 9.98. The minimum atomic E-state index is -0.962. The van der Waals surface area contributed by atoms with E-state index in [-0.39, 0.29) is 43.6 Å². The van der Waals surface area contributed by atoms with Crippen molar-refractivity contribution >= 4 is 18.0 Å². The lowest BCUT2D eigenvalue weighted by molar-refractivity contribution is -0.151. The van der Waals surface area contributed by atoms with Gasteiger partial charge in [-0.15, -0.1) is 0 Å². The number of likely N-dealkylation sites (tertiary alicyclic amines) is 1. The number of amides is 2. The second kappa shape index (κ2) is 9.70. The summed E-state index contributed by atoms with van der Waals surface area (Å²) in [6.07, 6.45) is 0.292. The zero-order valence-corrected chi connectivity index (χ0v) is 19.7. The molecule has 8 heteroatoms. The molecule has 0 bridgehead atoms. The number of rotatable bonds is 6. The van der Waals surface area contributed by atoms with Crippen LogP contribution in [0.4, 0.5) is 4.79 Å². The smallest absolute Gasteiger partial charge is 0.407 e. The lowest BCUT2D eigenvalue weighted by Crippen LogP contribution is -2.45. The van der Waals surface area contributed by atoms with E-state index < -0.39 is 24.0 Å². The Labute approximate surface area is 204 Å². The van der Waals surface area contributed by atoms with Crippen molar-refractivity contribution in [3.63, 3.8) is 0 Å². The fourth-order valence-electron chi connectivity index (χ4n) is 5.67. The van der Waals surface area contributed by atoms with Crippen molar-refractivity contribution in [2.75, 3.05) is 26.3 Å². The van der Waals surface area contributed by atoms with Crippen molar-refractivity contribution in [2.24, 2.45) is 11.8 Å². The van der Waals surface area contributed by atoms with Gasteiger partial charge in [0.1, 0.15) is 12.6 Å². The van der Waals surface area contributed by atoms with Gasteiger partial charge in [0.2, 0.25) is 5.91 Å². The van der Waals surface area contributed by atoms with Gasteiger partial charge in [-0.25, -0.2) is 9.59 Å². The van der Waals surface area contributed by atoms with E-state index in [1.807, 2.05) is 31.2 Å². The molecule has 8 nitrogen and oxygen atoms in total. The van der Waals surface area contributed by atoms with Gasteiger partial charge in [-0.1, -0.05) is 55.5 Å². The summed E-state index contributed by atoms with van der Waals surface area (Å²) in [5.74, 6) is -1.61. The quantitative estimate of drug-likeness (QED) is 0.660. The van der Waals surface area contributed by atoms with E-state index in [1.165, 1.54) is 16.0 Å². The summed E-state index contributed by atoms with van der Waals surface area (Å²) in [5, 5.41) is 12.2. The standard InChI is InChI=1S/C27H30N2O6/c1-16-10-11-29(24(16)26(31)32)25(30)17-12-18(34-14-17)13-28-27(33)35-15-23-21-8-4-2-6-19(21)20-7-3-5-9-22(20)23/h2-9,16-18,23-24H,10-15H2,1H3,(H,28,33)(H,31,32). The minimum Gasteiger partial charge on any atom is -0.480 e. The van der Waals surface area contributed by atoms with E-state index in [1.54, 1.807) is 0 Å². The summed E-state index contributed by atoms with van der Waals surface area (Å²) in [5.41, 5.74) is 4.64. The predicted octanol–water partition coefficient (Wildman–Crippen LogP) is 3.25. The van der Waals surface area contributed by atoms with Gasteiger partial charge in [0.15, 0.2) is 0 Å². The van der Waals surface area contributed by atoms with Gasteiger partial charge >= 0.3 is 12.1 Å². The number of carboxylic acids is 1. The van der Waals surface area contributed by atoms with Gasteiger partial charge in [-0.3, -0.25) is 4.79 Å². The molecule has 2 aliphatic heterocycles. The minimum absolute atomic E-state index is 0.0112. The second-order valence-electron chi connectivity index (χ2n) is 9.68. The number of carboxylic acid groups (broad SMARTS) is 1. The van der Waals surface area contributed by atoms with Crippen molar-refractivity contribution < 1.29 is 29.0 Å². The summed E-state index contributed by atoms with van der Waals surface area (Å²) in [6, 6.07) is 15.6. The predicted molar refractivity (Wildman–Crippen MR) is 128 cm³/mol. The first-order valence-corrected chi connectivity index (χ1v) is 12.2. The molecule has 2 heterocycles. The third-order valence-electron chi connectivity index (χ3n) is 7.48. The van der Waals surface area contributed by atoms with Crippen LogP contribution in [-0.2, 0) is 19.1 Å². The van der Waals surface area contributed by atoms with Crippen LogP contribution < -0.4 is 5.32 Å². The van der Waals surface area contributed by atoms with Gasteiger partial charge in [0, 0.05) is 19.0 Å². The van der Waals surface area contributed by atoms with Crippen LogP contribution in [0.15, 0.2) is 48.5 Å². The third-order valence-corrected chi connectivity index (χ3v) is 7.48. The second-order valence-corrected chi connectivity index (χ2v) is 9.68. The van der Waals surface area contributed by atoms with Crippen molar-refractivity contribution in [1.82, 2.24) is 10.2 Å². The topological polar surface area (TPSA) is 105 Å². The number of carbonyl (C=O) groups excluding carboxylic acids is 2. The lowest BCUT2D eigenvalue weighted by Gasteiger charge is -2.25. The maximum Gasteiger partial charge on any atom is 0.407 e. The first-order chi connectivity index (χ1) is 16.9. The van der Waals surface area contributed by atoms with E-state index in [0.29, 0.717) is 19.4 Å². The molecule has 2 aromatic rings. The maximum atomic E-state index is 12.9. The van der Waals surface area contributed by atoms with Gasteiger partial charge in [-0.05, 0) is 41.0 Å². The van der Waals surface area contributed by atoms with Crippen LogP contribution in [0.3, 0.4) is 0 Å². The normalized spacial score (nSPS) is 25.2. The highest BCUT2D eigenvalue weighted by atomic mass is 16.5. The molecular formula is C27H30N2O6. The summed E-state index contributed by atoms with van der Waals surface area (Å²) >= 11 is 0. The van der Waals surface area contributed by atoms with Crippen LogP contribution in [0, 0.1) is 11.8 Å². The van der Waals surface area contributed by atoms with Crippen LogP contribution in [0.1, 0.15) is 36.8 Å². The number of hydrogen-bond donors (Lipinski definition) is 2. The van der Waals surface area contributed by atoms with Crippen molar-refractivity contribution in [1.29, 1.82) is 0 Å². The average Bonchev–Trinajstić information content (AvgIpc) is 3.57. The fraction of sp³-hybridized carbons (Fsp3) is 0.444. The van der Waals surface area contributed by atoms with Gasteiger partial charge in [0.25, 0.3) is 0 Å². The molecule has 4 unspecified atom stereocenters. The van der Waals surface area contributed by atoms with E-state index in [0.717, 1.165) is 11.1 Å². The Morgan fingerprint density at radius 2 is 1.74 bits per heavy atom. The molecule has 1 aliphatic carbocycles. The zero-order chi connectivity index (χ0) is 24.5. The Bertz CT molecular complexity index is 1090. The van der Waals surface area contributed by atoms with Gasteiger partial charge < -0.3 is 24.8 Å². The number of nitrogens with zero attached hydrogens (tertiary/aromatic N) is 1. The largest absolute Gasteiger partial charge is 0.480 e. The Morgan fingerprint density at radius 1 is 1.09 bits per heavy atom. The maximum absolute atomic E-state index is 12.9. The fourth-order valence-corrected chi connectivity index (χ4v) is 5.67. The van der Waals surface area contributed by atoms with E-state index in [4.69, 9.17) is 9.47 Å². The van der Waals surface area contributed by atoms with Crippen molar-refractivity contribution in [3.8, 4) is 11.1 Å². The molecule has 0 aromatic heterocycles. The molecule has 3 aliphatic rings. The highest BCUT2D eigenvalue weighted by Gasteiger charge is 2.43. The molecule has 0 saturated carbocycles. The van der Waals surface area contributed by atoms with Crippen molar-refractivity contribution in [2.45, 2.75) is 37.8 Å². The van der Waals surface area contributed by atoms with Crippen LogP contribution in [0.2, 0.25) is 0 Å². The first-order valence-electron chi connectivity index (χ1n) is 12.2. The van der Waals surface area contributed by atoms with E-state index in [2.05, 4.69) is 29.6 Å². The number of aliphatic carboxylic acids is 1. The number of fused-ring (bicyclic) bond motifs is 3. The summed E-state index contributed by atoms with van der Waals surface area (Å²) in [6.45, 7) is 3.01. The number of carbonyl (C=O) groups is 3. The third kappa shape index (κ3) is 4.50. The number of hydrogen-bond acceptors (Lipinski definition) is 5. The SMILES string of the molecule is CC1CCN(C(=O)C2COC(CNC(=O)OCC3c4ccccc4-c4ccccc43)C2)C1C(=O)O. The first kappa shape index (κ1) is 23.4. The Morgan fingerprint density at radius 3 is 2.40 bits per heavy atom. The molecule has 2 fully saturated rings. The molecule has 0 radical (unpaired) electrons. The highest BCUT2D eigenvalue weighted by molar-refractivity contribution is 5.86. The van der Waals surface area contributed by atoms with E-state index >= 15 is 0 Å². The van der Waals surface area contributed by atoms with Crippen LogP contribution in [0.25, 0.3) is 11.1 Å². The summed E-state index contributed by atoms with van der Waals surface area (Å²) in [4.78, 5) is 38.4. The van der Waals surface area contributed by atoms with Crippen LogP contribution in [-0.4, -0.2) is 66.4 Å². The molecule has 0 spiro atoms. The molecule has 35 heavy (non-hydrogen) atoms. The zero-order valence-electron chi connectivity index (χ0n) is 19.7. The molecule has 184 valence electrons. The average molecular weight is 479 g/mol. The molecule has 5 rings (SSSR count). The molecule has 4 atom stereocenters. The number of benzene rings is 2. The Kier molecular flexibility index (Phi) is 6.47. The molecule has 2 aromatic carbocycles. The Hall–Kier alpha value is -3.39. The van der Waals surface area contributed by atoms with Crippen molar-refractivity contribution in [3.05, 3.63) is 59.7 Å². The molecular weight excluding hydrogens is 448 g/mol. The molecule has 2 N–H and O–H groups in total. The number of ether oxygens (including phenoxy) is 2. The Balaban J connectivity index is 1.11.